The number of amides is 2. The van der Waals surface area contributed by atoms with Gasteiger partial charge in [0.2, 0.25) is 11.8 Å². The van der Waals surface area contributed by atoms with E-state index in [4.69, 9.17) is 4.74 Å². The molecule has 2 heterocycles. The quantitative estimate of drug-likeness (QED) is 0.812. The summed E-state index contributed by atoms with van der Waals surface area (Å²) in [6.07, 6.45) is 3.50. The van der Waals surface area contributed by atoms with Crippen molar-refractivity contribution in [1.82, 2.24) is 10.3 Å². The second kappa shape index (κ2) is 9.05. The number of carbonyl (C=O) groups is 2. The normalized spacial score (nSPS) is 15.7. The van der Waals surface area contributed by atoms with Gasteiger partial charge in [-0.15, -0.1) is 0 Å². The first-order valence-electron chi connectivity index (χ1n) is 9.18. The highest BCUT2D eigenvalue weighted by Gasteiger charge is 2.34. The van der Waals surface area contributed by atoms with Crippen LogP contribution in [0.2, 0.25) is 0 Å². The van der Waals surface area contributed by atoms with Crippen molar-refractivity contribution in [3.63, 3.8) is 0 Å². The summed E-state index contributed by atoms with van der Waals surface area (Å²) in [6, 6.07) is 9.49. The van der Waals surface area contributed by atoms with Crippen molar-refractivity contribution in [2.75, 3.05) is 24.6 Å². The predicted octanol–water partition coefficient (Wildman–Crippen LogP) is 2.25. The molecule has 1 saturated heterocycles. The Hall–Kier alpha value is -3.33. The predicted molar refractivity (Wildman–Crippen MR) is 107 cm³/mol. The van der Waals surface area contributed by atoms with E-state index in [2.05, 4.69) is 22.1 Å². The number of rotatable bonds is 5. The Morgan fingerprint density at radius 2 is 2.14 bits per heavy atom. The lowest BCUT2D eigenvalue weighted by atomic mass is 10.1. The number of carbonyl (C=O) groups excluding carboxylic acids is 2. The molecule has 2 amide bonds. The number of ether oxygens (including phenoxy) is 1. The molecule has 1 aromatic heterocycles. The van der Waals surface area contributed by atoms with Gasteiger partial charge in [0.25, 0.3) is 0 Å². The van der Waals surface area contributed by atoms with Gasteiger partial charge in [0.15, 0.2) is 0 Å². The van der Waals surface area contributed by atoms with Crippen LogP contribution in [0.15, 0.2) is 42.7 Å². The second-order valence-electron chi connectivity index (χ2n) is 6.72. The van der Waals surface area contributed by atoms with Gasteiger partial charge < -0.3 is 15.0 Å². The van der Waals surface area contributed by atoms with Crippen molar-refractivity contribution >= 4 is 17.5 Å². The molecule has 1 aromatic carbocycles. The highest BCUT2D eigenvalue weighted by molar-refractivity contribution is 6.00. The highest BCUT2D eigenvalue weighted by Crippen LogP contribution is 2.26. The molecule has 1 aliphatic rings. The smallest absolute Gasteiger partial charge is 0.227 e. The van der Waals surface area contributed by atoms with Gasteiger partial charge in [0.05, 0.1) is 18.7 Å². The molecule has 0 spiro atoms. The van der Waals surface area contributed by atoms with E-state index in [0.717, 1.165) is 11.3 Å². The second-order valence-corrected chi connectivity index (χ2v) is 6.72. The molecule has 28 heavy (non-hydrogen) atoms. The standard InChI is InChI=1S/C22H23N3O3/c1-16-7-8-19(12-17(16)2)25-15-18(13-21(25)26)22(27)24-10-3-4-11-28-20-6-5-9-23-14-20/h5-9,12,14,18H,10-11,13,15H2,1-2H3,(H,24,27). The van der Waals surface area contributed by atoms with Crippen LogP contribution in [0.1, 0.15) is 17.5 Å². The highest BCUT2D eigenvalue weighted by atomic mass is 16.5. The number of benzene rings is 1. The Morgan fingerprint density at radius 3 is 2.89 bits per heavy atom. The fourth-order valence-electron chi connectivity index (χ4n) is 2.97. The third kappa shape index (κ3) is 4.89. The zero-order chi connectivity index (χ0) is 19.9. The molecule has 0 saturated carbocycles. The lowest BCUT2D eigenvalue weighted by Gasteiger charge is -2.17. The van der Waals surface area contributed by atoms with Gasteiger partial charge in [-0.1, -0.05) is 17.9 Å². The third-order valence-electron chi connectivity index (χ3n) is 4.72. The van der Waals surface area contributed by atoms with Crippen LogP contribution in [0.3, 0.4) is 0 Å². The Balaban J connectivity index is 1.46. The van der Waals surface area contributed by atoms with Gasteiger partial charge in [0, 0.05) is 24.8 Å². The van der Waals surface area contributed by atoms with Crippen molar-refractivity contribution < 1.29 is 14.3 Å². The average molecular weight is 377 g/mol. The van der Waals surface area contributed by atoms with E-state index in [1.807, 2.05) is 32.0 Å². The molecule has 2 aromatic rings. The minimum absolute atomic E-state index is 0.0284. The van der Waals surface area contributed by atoms with Crippen LogP contribution in [-0.2, 0) is 9.59 Å². The van der Waals surface area contributed by atoms with E-state index in [9.17, 15) is 9.59 Å². The number of hydrogen-bond acceptors (Lipinski definition) is 4. The summed E-state index contributed by atoms with van der Waals surface area (Å²) in [5, 5.41) is 2.78. The summed E-state index contributed by atoms with van der Waals surface area (Å²) < 4.78 is 5.41. The summed E-state index contributed by atoms with van der Waals surface area (Å²) in [5.41, 5.74) is 3.15. The molecule has 0 radical (unpaired) electrons. The summed E-state index contributed by atoms with van der Waals surface area (Å²) >= 11 is 0. The van der Waals surface area contributed by atoms with Gasteiger partial charge >= 0.3 is 0 Å². The molecular weight excluding hydrogens is 354 g/mol. The van der Waals surface area contributed by atoms with Crippen molar-refractivity contribution in [2.45, 2.75) is 20.3 Å². The molecule has 1 unspecified atom stereocenters. The molecular formula is C22H23N3O3. The molecule has 1 aliphatic heterocycles. The number of aromatic nitrogens is 1. The molecule has 6 nitrogen and oxygen atoms in total. The number of hydrogen-bond donors (Lipinski definition) is 1. The number of nitrogens with zero attached hydrogens (tertiary/aromatic N) is 2. The van der Waals surface area contributed by atoms with Crippen molar-refractivity contribution in [1.29, 1.82) is 0 Å². The van der Waals surface area contributed by atoms with Crippen LogP contribution in [0.4, 0.5) is 5.69 Å². The zero-order valence-electron chi connectivity index (χ0n) is 16.1. The van der Waals surface area contributed by atoms with E-state index in [1.165, 1.54) is 5.56 Å². The van der Waals surface area contributed by atoms with E-state index < -0.39 is 0 Å². The first-order valence-corrected chi connectivity index (χ1v) is 9.18. The van der Waals surface area contributed by atoms with Gasteiger partial charge in [-0.05, 0) is 49.2 Å². The van der Waals surface area contributed by atoms with Crippen LogP contribution < -0.4 is 15.0 Å². The molecule has 6 heteroatoms. The summed E-state index contributed by atoms with van der Waals surface area (Å²) in [4.78, 5) is 30.3. The van der Waals surface area contributed by atoms with Crippen LogP contribution in [-0.4, -0.2) is 36.5 Å². The minimum atomic E-state index is -0.359. The summed E-state index contributed by atoms with van der Waals surface area (Å²) in [6.45, 7) is 4.89. The number of anilines is 1. The summed E-state index contributed by atoms with van der Waals surface area (Å²) in [7, 11) is 0. The van der Waals surface area contributed by atoms with Crippen molar-refractivity contribution in [3.8, 4) is 17.6 Å². The molecule has 0 aliphatic carbocycles. The molecule has 3 rings (SSSR count). The Morgan fingerprint density at radius 1 is 1.29 bits per heavy atom. The minimum Gasteiger partial charge on any atom is -0.479 e. The fraction of sp³-hybridized carbons (Fsp3) is 0.318. The molecule has 144 valence electrons. The topological polar surface area (TPSA) is 71.5 Å². The fourth-order valence-corrected chi connectivity index (χ4v) is 2.97. The van der Waals surface area contributed by atoms with E-state index >= 15 is 0 Å². The monoisotopic (exact) mass is 377 g/mol. The Kier molecular flexibility index (Phi) is 6.28. The van der Waals surface area contributed by atoms with Crippen LogP contribution >= 0.6 is 0 Å². The molecule has 0 bridgehead atoms. The maximum atomic E-state index is 12.3. The van der Waals surface area contributed by atoms with E-state index in [-0.39, 0.29) is 37.3 Å². The van der Waals surface area contributed by atoms with Crippen molar-refractivity contribution in [3.05, 3.63) is 53.9 Å². The van der Waals surface area contributed by atoms with Gasteiger partial charge in [-0.3, -0.25) is 14.6 Å². The van der Waals surface area contributed by atoms with Crippen LogP contribution in [0, 0.1) is 31.6 Å². The molecule has 1 fully saturated rings. The Labute approximate surface area is 164 Å². The van der Waals surface area contributed by atoms with E-state index in [0.29, 0.717) is 12.3 Å². The first-order chi connectivity index (χ1) is 13.5. The zero-order valence-corrected chi connectivity index (χ0v) is 16.1. The number of nitrogens with one attached hydrogen (secondary N) is 1. The van der Waals surface area contributed by atoms with Gasteiger partial charge in [0.1, 0.15) is 12.4 Å². The van der Waals surface area contributed by atoms with E-state index in [1.54, 1.807) is 29.4 Å². The van der Waals surface area contributed by atoms with Gasteiger partial charge in [-0.2, -0.15) is 0 Å². The largest absolute Gasteiger partial charge is 0.479 e. The molecule has 1 N–H and O–H groups in total. The van der Waals surface area contributed by atoms with Gasteiger partial charge in [-0.25, -0.2) is 0 Å². The maximum Gasteiger partial charge on any atom is 0.227 e. The summed E-state index contributed by atoms with van der Waals surface area (Å²) in [5.74, 6) is 5.81. The third-order valence-corrected chi connectivity index (χ3v) is 4.72. The lowest BCUT2D eigenvalue weighted by Crippen LogP contribution is -2.33. The number of pyridine rings is 1. The Bertz CT molecular complexity index is 916. The van der Waals surface area contributed by atoms with Crippen molar-refractivity contribution in [2.24, 2.45) is 5.92 Å². The van der Waals surface area contributed by atoms with Crippen LogP contribution in [0.25, 0.3) is 0 Å². The molecule has 1 atom stereocenters. The SMILES string of the molecule is Cc1ccc(N2CC(C(=O)NCC#CCOc3cccnc3)CC2=O)cc1C. The van der Waals surface area contributed by atoms with Crippen LogP contribution in [0.5, 0.6) is 5.75 Å². The average Bonchev–Trinajstić information content (AvgIpc) is 3.09. The lowest BCUT2D eigenvalue weighted by molar-refractivity contribution is -0.126. The first kappa shape index (κ1) is 19.4. The number of aryl methyl sites for hydroxylation is 2. The maximum absolute atomic E-state index is 12.3.